The van der Waals surface area contributed by atoms with Crippen molar-refractivity contribution in [1.82, 2.24) is 9.88 Å². The molecule has 1 aromatic carbocycles. The van der Waals surface area contributed by atoms with Crippen LogP contribution in [0.25, 0.3) is 11.3 Å². The maximum absolute atomic E-state index is 12.1. The van der Waals surface area contributed by atoms with Crippen molar-refractivity contribution >= 4 is 22.4 Å². The Balaban J connectivity index is 1.69. The van der Waals surface area contributed by atoms with E-state index in [0.717, 1.165) is 24.2 Å². The molecule has 24 heavy (non-hydrogen) atoms. The van der Waals surface area contributed by atoms with Crippen molar-refractivity contribution in [3.63, 3.8) is 0 Å². The van der Waals surface area contributed by atoms with Gasteiger partial charge in [-0.05, 0) is 38.3 Å². The smallest absolute Gasteiger partial charge is 0.240 e. The van der Waals surface area contributed by atoms with E-state index in [-0.39, 0.29) is 12.0 Å². The fourth-order valence-electron chi connectivity index (χ4n) is 3.35. The summed E-state index contributed by atoms with van der Waals surface area (Å²) in [6.45, 7) is 7.90. The van der Waals surface area contributed by atoms with E-state index in [1.807, 2.05) is 10.3 Å². The number of nitrogens with zero attached hydrogens (tertiary/aromatic N) is 2. The third kappa shape index (κ3) is 3.83. The number of rotatable bonds is 4. The van der Waals surface area contributed by atoms with Gasteiger partial charge in [-0.15, -0.1) is 11.3 Å². The van der Waals surface area contributed by atoms with Gasteiger partial charge in [0, 0.05) is 24.0 Å². The van der Waals surface area contributed by atoms with Gasteiger partial charge in [0.15, 0.2) is 5.13 Å². The van der Waals surface area contributed by atoms with Crippen LogP contribution >= 0.6 is 11.3 Å². The summed E-state index contributed by atoms with van der Waals surface area (Å²) in [6, 6.07) is 4.30. The van der Waals surface area contributed by atoms with Crippen LogP contribution < -0.4 is 5.32 Å². The van der Waals surface area contributed by atoms with Crippen LogP contribution in [0.2, 0.25) is 0 Å². The molecule has 1 fully saturated rings. The van der Waals surface area contributed by atoms with Crippen LogP contribution in [-0.4, -0.2) is 46.6 Å². The number of carbonyl (C=O) groups excluding carboxylic acids is 1. The third-order valence-electron chi connectivity index (χ3n) is 4.30. The minimum absolute atomic E-state index is 0.0812. The summed E-state index contributed by atoms with van der Waals surface area (Å²) in [5.41, 5.74) is 5.68. The van der Waals surface area contributed by atoms with Crippen LogP contribution in [0.3, 0.4) is 0 Å². The highest BCUT2D eigenvalue weighted by atomic mass is 32.1. The Morgan fingerprint density at radius 1 is 1.38 bits per heavy atom. The highest BCUT2D eigenvalue weighted by Gasteiger charge is 2.22. The Morgan fingerprint density at radius 3 is 2.71 bits per heavy atom. The number of aryl methyl sites for hydroxylation is 3. The van der Waals surface area contributed by atoms with Crippen LogP contribution in [0, 0.1) is 20.8 Å². The largest absolute Gasteiger partial charge is 0.392 e. The molecule has 2 heterocycles. The van der Waals surface area contributed by atoms with Crippen molar-refractivity contribution in [3.8, 4) is 11.3 Å². The van der Waals surface area contributed by atoms with Crippen LogP contribution in [0.5, 0.6) is 0 Å². The second-order valence-corrected chi connectivity index (χ2v) is 7.40. The molecule has 1 aromatic heterocycles. The first-order valence-corrected chi connectivity index (χ1v) is 9.04. The number of nitrogens with one attached hydrogen (secondary N) is 1. The average molecular weight is 345 g/mol. The Labute approximate surface area is 146 Å². The second kappa shape index (κ2) is 7.01. The first kappa shape index (κ1) is 17.1. The molecule has 1 amide bonds. The molecule has 1 saturated heterocycles. The first-order chi connectivity index (χ1) is 11.4. The normalized spacial score (nSPS) is 18.1. The third-order valence-corrected chi connectivity index (χ3v) is 5.06. The summed E-state index contributed by atoms with van der Waals surface area (Å²) >= 11 is 1.44. The molecule has 3 rings (SSSR count). The summed E-state index contributed by atoms with van der Waals surface area (Å²) in [5.74, 6) is -0.0812. The molecule has 2 aromatic rings. The Hall–Kier alpha value is -1.76. The number of anilines is 1. The number of carbonyl (C=O) groups is 1. The van der Waals surface area contributed by atoms with Gasteiger partial charge in [0.2, 0.25) is 5.91 Å². The molecule has 0 bridgehead atoms. The van der Waals surface area contributed by atoms with Crippen LogP contribution in [0.15, 0.2) is 17.5 Å². The van der Waals surface area contributed by atoms with E-state index in [0.29, 0.717) is 18.2 Å². The predicted octanol–water partition coefficient (Wildman–Crippen LogP) is 2.74. The monoisotopic (exact) mass is 345 g/mol. The zero-order chi connectivity index (χ0) is 17.3. The van der Waals surface area contributed by atoms with Gasteiger partial charge in [0.25, 0.3) is 0 Å². The summed E-state index contributed by atoms with van der Waals surface area (Å²) in [7, 11) is 0. The van der Waals surface area contributed by atoms with Gasteiger partial charge in [-0.2, -0.15) is 0 Å². The summed E-state index contributed by atoms with van der Waals surface area (Å²) < 4.78 is 0. The van der Waals surface area contributed by atoms with E-state index in [9.17, 15) is 9.90 Å². The van der Waals surface area contributed by atoms with E-state index in [1.54, 1.807) is 0 Å². The standard InChI is InChI=1S/C18H23N3O2S/c1-11-6-12(2)17(13(3)7-11)15-10-24-18(19-15)20-16(23)9-21-5-4-14(22)8-21/h6-7,10,14,22H,4-5,8-9H2,1-3H3,(H,19,20,23)/t14-/m1/s1. The number of β-amino-alcohol motifs (C(OH)–C–C–N with tert-alkyl or cyclic N) is 1. The Morgan fingerprint density at radius 2 is 2.08 bits per heavy atom. The quantitative estimate of drug-likeness (QED) is 0.894. The van der Waals surface area contributed by atoms with E-state index in [1.165, 1.54) is 28.0 Å². The zero-order valence-electron chi connectivity index (χ0n) is 14.3. The number of hydrogen-bond acceptors (Lipinski definition) is 5. The lowest BCUT2D eigenvalue weighted by atomic mass is 9.98. The predicted molar refractivity (Wildman–Crippen MR) is 97.5 cm³/mol. The number of likely N-dealkylation sites (tertiary alicyclic amines) is 1. The van der Waals surface area contributed by atoms with Crippen LogP contribution in [0.1, 0.15) is 23.1 Å². The molecule has 128 valence electrons. The van der Waals surface area contributed by atoms with Crippen molar-refractivity contribution in [1.29, 1.82) is 0 Å². The van der Waals surface area contributed by atoms with Gasteiger partial charge in [-0.3, -0.25) is 9.69 Å². The Bertz CT molecular complexity index is 733. The number of aromatic nitrogens is 1. The second-order valence-electron chi connectivity index (χ2n) is 6.54. The van der Waals surface area contributed by atoms with E-state index in [2.05, 4.69) is 43.2 Å². The lowest BCUT2D eigenvalue weighted by Crippen LogP contribution is -2.32. The molecule has 1 aliphatic heterocycles. The summed E-state index contributed by atoms with van der Waals surface area (Å²) in [6.07, 6.45) is 0.428. The van der Waals surface area contributed by atoms with Gasteiger partial charge in [-0.25, -0.2) is 4.98 Å². The zero-order valence-corrected chi connectivity index (χ0v) is 15.1. The molecular formula is C18H23N3O2S. The van der Waals surface area contributed by atoms with Gasteiger partial charge in [0.1, 0.15) is 0 Å². The summed E-state index contributed by atoms with van der Waals surface area (Å²) in [4.78, 5) is 18.7. The maximum atomic E-state index is 12.1. The number of thiazole rings is 1. The van der Waals surface area contributed by atoms with Gasteiger partial charge >= 0.3 is 0 Å². The van der Waals surface area contributed by atoms with E-state index < -0.39 is 0 Å². The summed E-state index contributed by atoms with van der Waals surface area (Å²) in [5, 5.41) is 15.0. The minimum Gasteiger partial charge on any atom is -0.392 e. The topological polar surface area (TPSA) is 65.5 Å². The Kier molecular flexibility index (Phi) is 4.99. The fourth-order valence-corrected chi connectivity index (χ4v) is 4.07. The highest BCUT2D eigenvalue weighted by molar-refractivity contribution is 7.14. The maximum Gasteiger partial charge on any atom is 0.240 e. The molecule has 0 unspecified atom stereocenters. The number of hydrogen-bond donors (Lipinski definition) is 2. The van der Waals surface area contributed by atoms with Crippen molar-refractivity contribution in [2.24, 2.45) is 0 Å². The van der Waals surface area contributed by atoms with Gasteiger partial charge in [-0.1, -0.05) is 17.7 Å². The molecule has 0 radical (unpaired) electrons. The van der Waals surface area contributed by atoms with Crippen LogP contribution in [-0.2, 0) is 4.79 Å². The lowest BCUT2D eigenvalue weighted by Gasteiger charge is -2.13. The number of amides is 1. The molecule has 5 nitrogen and oxygen atoms in total. The number of aliphatic hydroxyl groups is 1. The lowest BCUT2D eigenvalue weighted by molar-refractivity contribution is -0.117. The molecular weight excluding hydrogens is 322 g/mol. The van der Waals surface area contributed by atoms with Crippen molar-refractivity contribution < 1.29 is 9.90 Å². The van der Waals surface area contributed by atoms with Gasteiger partial charge in [0.05, 0.1) is 18.3 Å². The highest BCUT2D eigenvalue weighted by Crippen LogP contribution is 2.31. The van der Waals surface area contributed by atoms with E-state index in [4.69, 9.17) is 0 Å². The van der Waals surface area contributed by atoms with Crippen molar-refractivity contribution in [3.05, 3.63) is 34.2 Å². The molecule has 0 aliphatic carbocycles. The number of aliphatic hydroxyl groups excluding tert-OH is 1. The molecule has 2 N–H and O–H groups in total. The van der Waals surface area contributed by atoms with E-state index >= 15 is 0 Å². The molecule has 0 spiro atoms. The molecule has 0 saturated carbocycles. The van der Waals surface area contributed by atoms with Crippen LogP contribution in [0.4, 0.5) is 5.13 Å². The molecule has 6 heteroatoms. The molecule has 1 atom stereocenters. The number of benzene rings is 1. The minimum atomic E-state index is -0.309. The first-order valence-electron chi connectivity index (χ1n) is 8.16. The SMILES string of the molecule is Cc1cc(C)c(-c2csc(NC(=O)CN3CC[C@@H](O)C3)n2)c(C)c1. The van der Waals surface area contributed by atoms with Crippen molar-refractivity contribution in [2.75, 3.05) is 25.0 Å². The molecule has 1 aliphatic rings. The van der Waals surface area contributed by atoms with Gasteiger partial charge < -0.3 is 10.4 Å². The average Bonchev–Trinajstić information content (AvgIpc) is 3.07. The van der Waals surface area contributed by atoms with Crippen molar-refractivity contribution in [2.45, 2.75) is 33.3 Å². The fraction of sp³-hybridized carbons (Fsp3) is 0.444.